The van der Waals surface area contributed by atoms with Gasteiger partial charge in [-0.05, 0) is 68.3 Å². The lowest BCUT2D eigenvalue weighted by Crippen LogP contribution is -2.44. The van der Waals surface area contributed by atoms with E-state index in [9.17, 15) is 9.59 Å². The van der Waals surface area contributed by atoms with Crippen LogP contribution in [0.2, 0.25) is 18.1 Å². The van der Waals surface area contributed by atoms with Gasteiger partial charge in [-0.2, -0.15) is 0 Å². The van der Waals surface area contributed by atoms with E-state index in [4.69, 9.17) is 13.9 Å². The minimum Gasteiger partial charge on any atom is -0.432 e. The topological polar surface area (TPSA) is 61.8 Å². The number of allylic oxidation sites excluding steroid dienone is 1. The highest BCUT2D eigenvalue weighted by Gasteiger charge is 2.40. The SMILES string of the molecule is CC(=O)OC1OCC(=O)C=C1CCCC(O[Si](C)(C)C(C)(C)C)C1=CCCC1. The van der Waals surface area contributed by atoms with Crippen molar-refractivity contribution in [2.75, 3.05) is 6.61 Å². The normalized spacial score (nSPS) is 21.9. The number of hydrogen-bond donors (Lipinski definition) is 0. The summed E-state index contributed by atoms with van der Waals surface area (Å²) in [7, 11) is -1.87. The third-order valence-electron chi connectivity index (χ3n) is 5.96. The highest BCUT2D eigenvalue weighted by atomic mass is 28.4. The standard InChI is InChI=1S/C22H36O5Si/c1-16(23)26-21-18(14-19(24)15-25-21)12-9-13-20(17-10-7-8-11-17)27-28(5,6)22(2,3)4/h10,14,20-21H,7-9,11-13,15H2,1-6H3. The van der Waals surface area contributed by atoms with Crippen molar-refractivity contribution in [2.45, 2.75) is 96.7 Å². The second-order valence-electron chi connectivity index (χ2n) is 9.37. The molecule has 2 aliphatic rings. The largest absolute Gasteiger partial charge is 0.432 e. The Bertz CT molecular complexity index is 642. The fourth-order valence-electron chi connectivity index (χ4n) is 3.36. The van der Waals surface area contributed by atoms with Crippen molar-refractivity contribution in [3.05, 3.63) is 23.3 Å². The summed E-state index contributed by atoms with van der Waals surface area (Å²) in [5, 5.41) is 0.164. The number of carbonyl (C=O) groups is 2. The molecule has 28 heavy (non-hydrogen) atoms. The van der Waals surface area contributed by atoms with Crippen molar-refractivity contribution >= 4 is 20.1 Å². The summed E-state index contributed by atoms with van der Waals surface area (Å²) in [4.78, 5) is 23.0. The van der Waals surface area contributed by atoms with Crippen LogP contribution in [-0.4, -0.2) is 39.1 Å². The van der Waals surface area contributed by atoms with Gasteiger partial charge in [-0.15, -0.1) is 0 Å². The van der Waals surface area contributed by atoms with Gasteiger partial charge in [0.05, 0.1) is 6.10 Å². The minimum absolute atomic E-state index is 0.0363. The summed E-state index contributed by atoms with van der Waals surface area (Å²) in [5.41, 5.74) is 2.17. The molecule has 0 aromatic rings. The van der Waals surface area contributed by atoms with Crippen LogP contribution in [0.15, 0.2) is 23.3 Å². The summed E-state index contributed by atoms with van der Waals surface area (Å²) in [5.74, 6) is -0.480. The van der Waals surface area contributed by atoms with Crippen molar-refractivity contribution in [2.24, 2.45) is 0 Å². The van der Waals surface area contributed by atoms with Crippen LogP contribution in [0.5, 0.6) is 0 Å². The molecule has 0 amide bonds. The fourth-order valence-corrected chi connectivity index (χ4v) is 4.70. The second-order valence-corrected chi connectivity index (χ2v) is 14.1. The van der Waals surface area contributed by atoms with E-state index in [1.165, 1.54) is 18.9 Å². The van der Waals surface area contributed by atoms with Crippen LogP contribution in [0.3, 0.4) is 0 Å². The Hall–Kier alpha value is -1.24. The molecule has 2 unspecified atom stereocenters. The zero-order valence-corrected chi connectivity index (χ0v) is 19.3. The lowest BCUT2D eigenvalue weighted by molar-refractivity contribution is -0.172. The molecule has 0 fully saturated rings. The third kappa shape index (κ3) is 6.39. The van der Waals surface area contributed by atoms with Gasteiger partial charge in [-0.1, -0.05) is 26.8 Å². The first kappa shape index (κ1) is 23.0. The molecule has 2 rings (SSSR count). The fraction of sp³-hybridized carbons (Fsp3) is 0.727. The number of rotatable bonds is 8. The van der Waals surface area contributed by atoms with Crippen molar-refractivity contribution < 1.29 is 23.5 Å². The van der Waals surface area contributed by atoms with E-state index < -0.39 is 20.6 Å². The van der Waals surface area contributed by atoms with Crippen molar-refractivity contribution in [1.29, 1.82) is 0 Å². The number of ether oxygens (including phenoxy) is 2. The first-order chi connectivity index (χ1) is 13.0. The summed E-state index contributed by atoms with van der Waals surface area (Å²) in [6.07, 6.45) is 9.18. The van der Waals surface area contributed by atoms with Gasteiger partial charge in [0.15, 0.2) is 14.1 Å². The third-order valence-corrected chi connectivity index (χ3v) is 10.4. The molecule has 0 spiro atoms. The van der Waals surface area contributed by atoms with Gasteiger partial charge >= 0.3 is 5.97 Å². The maximum atomic E-state index is 11.7. The van der Waals surface area contributed by atoms with Crippen LogP contribution in [-0.2, 0) is 23.5 Å². The van der Waals surface area contributed by atoms with E-state index in [0.717, 1.165) is 31.3 Å². The Kier molecular flexibility index (Phi) is 7.82. The Balaban J connectivity index is 2.02. The molecule has 158 valence electrons. The van der Waals surface area contributed by atoms with Crippen LogP contribution < -0.4 is 0 Å². The van der Waals surface area contributed by atoms with E-state index in [1.54, 1.807) is 6.08 Å². The molecular formula is C22H36O5Si. The highest BCUT2D eigenvalue weighted by Crippen LogP contribution is 2.40. The number of carbonyl (C=O) groups excluding carboxylic acids is 2. The Labute approximate surface area is 170 Å². The predicted octanol–water partition coefficient (Wildman–Crippen LogP) is 5.07. The molecule has 0 saturated heterocycles. The minimum atomic E-state index is -1.87. The van der Waals surface area contributed by atoms with Crippen LogP contribution in [0.1, 0.15) is 66.2 Å². The molecule has 6 heteroatoms. The molecule has 5 nitrogen and oxygen atoms in total. The molecule has 1 aliphatic heterocycles. The van der Waals surface area contributed by atoms with Gasteiger partial charge in [-0.3, -0.25) is 9.59 Å². The molecule has 0 aromatic carbocycles. The Morgan fingerprint density at radius 3 is 2.64 bits per heavy atom. The number of ketones is 1. The molecule has 2 atom stereocenters. The Morgan fingerprint density at radius 2 is 2.07 bits per heavy atom. The van der Waals surface area contributed by atoms with Gasteiger partial charge < -0.3 is 13.9 Å². The molecule has 0 radical (unpaired) electrons. The van der Waals surface area contributed by atoms with Crippen LogP contribution >= 0.6 is 0 Å². The molecule has 0 N–H and O–H groups in total. The number of esters is 1. The molecule has 0 aromatic heterocycles. The summed E-state index contributed by atoms with van der Waals surface area (Å²) >= 11 is 0. The van der Waals surface area contributed by atoms with Gasteiger partial charge in [0.25, 0.3) is 0 Å². The lowest BCUT2D eigenvalue weighted by Gasteiger charge is -2.40. The van der Waals surface area contributed by atoms with Gasteiger partial charge in [-0.25, -0.2) is 0 Å². The first-order valence-electron chi connectivity index (χ1n) is 10.4. The zero-order valence-electron chi connectivity index (χ0n) is 18.3. The average molecular weight is 409 g/mol. The average Bonchev–Trinajstić information content (AvgIpc) is 3.09. The number of hydrogen-bond acceptors (Lipinski definition) is 5. The quantitative estimate of drug-likeness (QED) is 0.319. The smallest absolute Gasteiger partial charge is 0.305 e. The van der Waals surface area contributed by atoms with E-state index in [2.05, 4.69) is 39.9 Å². The van der Waals surface area contributed by atoms with Crippen molar-refractivity contribution in [1.82, 2.24) is 0 Å². The highest BCUT2D eigenvalue weighted by molar-refractivity contribution is 6.74. The van der Waals surface area contributed by atoms with Gasteiger partial charge in [0, 0.05) is 12.5 Å². The first-order valence-corrected chi connectivity index (χ1v) is 13.3. The van der Waals surface area contributed by atoms with Crippen LogP contribution in [0.25, 0.3) is 0 Å². The monoisotopic (exact) mass is 408 g/mol. The predicted molar refractivity (Wildman–Crippen MR) is 112 cm³/mol. The lowest BCUT2D eigenvalue weighted by atomic mass is 9.99. The van der Waals surface area contributed by atoms with E-state index in [1.807, 2.05) is 0 Å². The van der Waals surface area contributed by atoms with E-state index in [-0.39, 0.29) is 23.5 Å². The van der Waals surface area contributed by atoms with Crippen molar-refractivity contribution in [3.8, 4) is 0 Å². The van der Waals surface area contributed by atoms with E-state index >= 15 is 0 Å². The molecule has 1 aliphatic carbocycles. The summed E-state index contributed by atoms with van der Waals surface area (Å²) in [6.45, 7) is 12.7. The Morgan fingerprint density at radius 1 is 1.36 bits per heavy atom. The molecule has 0 saturated carbocycles. The molecular weight excluding hydrogens is 372 g/mol. The van der Waals surface area contributed by atoms with E-state index in [0.29, 0.717) is 6.42 Å². The summed E-state index contributed by atoms with van der Waals surface area (Å²) in [6, 6.07) is 0. The van der Waals surface area contributed by atoms with Gasteiger partial charge in [0.1, 0.15) is 6.61 Å². The molecule has 0 bridgehead atoms. The van der Waals surface area contributed by atoms with Crippen LogP contribution in [0, 0.1) is 0 Å². The zero-order chi connectivity index (χ0) is 20.9. The maximum absolute atomic E-state index is 11.7. The second kappa shape index (κ2) is 9.50. The molecule has 1 heterocycles. The maximum Gasteiger partial charge on any atom is 0.305 e. The van der Waals surface area contributed by atoms with Crippen LogP contribution in [0.4, 0.5) is 0 Å². The summed E-state index contributed by atoms with van der Waals surface area (Å²) < 4.78 is 17.4. The van der Waals surface area contributed by atoms with Crippen molar-refractivity contribution in [3.63, 3.8) is 0 Å². The van der Waals surface area contributed by atoms with Gasteiger partial charge in [0.2, 0.25) is 6.29 Å².